The third-order valence-electron chi connectivity index (χ3n) is 5.39. The van der Waals surface area contributed by atoms with Gasteiger partial charge in [0.25, 0.3) is 11.7 Å². The van der Waals surface area contributed by atoms with Gasteiger partial charge in [-0.05, 0) is 48.4 Å². The second kappa shape index (κ2) is 7.45. The molecule has 0 aliphatic carbocycles. The number of aliphatic hydroxyl groups is 1. The SMILES string of the molecule is O=C1C(=O)N(C2CCS(=O)(=O)C2)C(c2cccc(O)c2)/C1=C(\O)c1ccc(Cl)cc1. The van der Waals surface area contributed by atoms with Crippen LogP contribution in [0.1, 0.15) is 23.6 Å². The lowest BCUT2D eigenvalue weighted by Crippen LogP contribution is -2.40. The van der Waals surface area contributed by atoms with Gasteiger partial charge in [0.1, 0.15) is 11.5 Å². The minimum Gasteiger partial charge on any atom is -0.508 e. The first-order valence-electron chi connectivity index (χ1n) is 9.23. The number of nitrogens with zero attached hydrogens (tertiary/aromatic N) is 1. The Bertz CT molecular complexity index is 1170. The number of halogens is 1. The molecule has 2 atom stereocenters. The van der Waals surface area contributed by atoms with Crippen molar-refractivity contribution in [3.8, 4) is 5.75 Å². The molecule has 4 rings (SSSR count). The van der Waals surface area contributed by atoms with Crippen LogP contribution in [0.3, 0.4) is 0 Å². The van der Waals surface area contributed by atoms with E-state index in [9.17, 15) is 28.2 Å². The number of phenolic OH excluding ortho intramolecular Hbond substituents is 1. The Morgan fingerprint density at radius 2 is 1.80 bits per heavy atom. The third kappa shape index (κ3) is 3.57. The predicted molar refractivity (Wildman–Crippen MR) is 111 cm³/mol. The Kier molecular flexibility index (Phi) is 5.07. The molecular weight excluding hydrogens is 430 g/mol. The van der Waals surface area contributed by atoms with Crippen molar-refractivity contribution >= 4 is 38.9 Å². The van der Waals surface area contributed by atoms with Gasteiger partial charge in [-0.15, -0.1) is 0 Å². The number of benzene rings is 2. The Hall–Kier alpha value is -2.84. The van der Waals surface area contributed by atoms with Crippen LogP contribution in [0.5, 0.6) is 5.75 Å². The summed E-state index contributed by atoms with van der Waals surface area (Å²) in [4.78, 5) is 27.1. The molecule has 0 saturated carbocycles. The highest BCUT2D eigenvalue weighted by Crippen LogP contribution is 2.42. The number of aliphatic hydroxyl groups excluding tert-OH is 1. The lowest BCUT2D eigenvalue weighted by atomic mass is 9.94. The number of carbonyl (C=O) groups is 2. The van der Waals surface area contributed by atoms with Crippen LogP contribution in [0, 0.1) is 0 Å². The zero-order valence-corrected chi connectivity index (χ0v) is 17.2. The monoisotopic (exact) mass is 447 g/mol. The molecule has 0 spiro atoms. The van der Waals surface area contributed by atoms with E-state index in [2.05, 4.69) is 0 Å². The molecule has 156 valence electrons. The first kappa shape index (κ1) is 20.4. The quantitative estimate of drug-likeness (QED) is 0.425. The van der Waals surface area contributed by atoms with E-state index in [0.717, 1.165) is 0 Å². The molecule has 9 heteroatoms. The van der Waals surface area contributed by atoms with Crippen molar-refractivity contribution in [3.05, 3.63) is 70.3 Å². The number of sulfone groups is 1. The molecule has 2 fully saturated rings. The zero-order valence-electron chi connectivity index (χ0n) is 15.7. The molecular formula is C21H18ClNO6S. The normalized spacial score (nSPS) is 25.0. The van der Waals surface area contributed by atoms with Gasteiger partial charge in [0.05, 0.1) is 23.1 Å². The molecule has 0 bridgehead atoms. The van der Waals surface area contributed by atoms with Crippen molar-refractivity contribution in [2.45, 2.75) is 18.5 Å². The maximum atomic E-state index is 12.9. The van der Waals surface area contributed by atoms with Crippen LogP contribution in [-0.4, -0.2) is 52.8 Å². The summed E-state index contributed by atoms with van der Waals surface area (Å²) in [6, 6.07) is 10.4. The van der Waals surface area contributed by atoms with Gasteiger partial charge in [-0.2, -0.15) is 0 Å². The van der Waals surface area contributed by atoms with Crippen LogP contribution in [-0.2, 0) is 19.4 Å². The van der Waals surface area contributed by atoms with Gasteiger partial charge in [-0.1, -0.05) is 23.7 Å². The van der Waals surface area contributed by atoms with Gasteiger partial charge in [0.15, 0.2) is 9.84 Å². The van der Waals surface area contributed by atoms with Gasteiger partial charge >= 0.3 is 0 Å². The zero-order chi connectivity index (χ0) is 21.6. The molecule has 2 aliphatic heterocycles. The fourth-order valence-electron chi connectivity index (χ4n) is 4.01. The second-order valence-corrected chi connectivity index (χ2v) is 10.0. The van der Waals surface area contributed by atoms with Crippen molar-refractivity contribution < 1.29 is 28.2 Å². The Labute approximate surface area is 178 Å². The highest BCUT2D eigenvalue weighted by molar-refractivity contribution is 7.91. The summed E-state index contributed by atoms with van der Waals surface area (Å²) in [5.74, 6) is -2.58. The van der Waals surface area contributed by atoms with E-state index < -0.39 is 33.6 Å². The fourth-order valence-corrected chi connectivity index (χ4v) is 5.84. The number of ketones is 1. The van der Waals surface area contributed by atoms with Gasteiger partial charge in [0, 0.05) is 16.6 Å². The number of hydrogen-bond acceptors (Lipinski definition) is 6. The van der Waals surface area contributed by atoms with E-state index in [1.54, 1.807) is 24.3 Å². The molecule has 2 N–H and O–H groups in total. The van der Waals surface area contributed by atoms with Crippen LogP contribution in [0.4, 0.5) is 0 Å². The van der Waals surface area contributed by atoms with Crippen LogP contribution in [0.15, 0.2) is 54.1 Å². The fraction of sp³-hybridized carbons (Fsp3) is 0.238. The molecule has 2 unspecified atom stereocenters. The van der Waals surface area contributed by atoms with Crippen molar-refractivity contribution in [1.29, 1.82) is 0 Å². The molecule has 2 aromatic rings. The maximum Gasteiger partial charge on any atom is 0.295 e. The number of rotatable bonds is 3. The van der Waals surface area contributed by atoms with E-state index in [1.807, 2.05) is 0 Å². The number of likely N-dealkylation sites (tertiary alicyclic amines) is 1. The molecule has 2 aromatic carbocycles. The summed E-state index contributed by atoms with van der Waals surface area (Å²) in [6.07, 6.45) is 0.200. The Balaban J connectivity index is 1.90. The smallest absolute Gasteiger partial charge is 0.295 e. The predicted octanol–water partition coefficient (Wildman–Crippen LogP) is 2.65. The minimum absolute atomic E-state index is 0.0788. The van der Waals surface area contributed by atoms with Crippen molar-refractivity contribution in [2.75, 3.05) is 11.5 Å². The number of Topliss-reactive ketones (excluding diaryl/α,β-unsaturated/α-hetero) is 1. The molecule has 1 amide bonds. The topological polar surface area (TPSA) is 112 Å². The average molecular weight is 448 g/mol. The first-order chi connectivity index (χ1) is 14.2. The summed E-state index contributed by atoms with van der Waals surface area (Å²) in [7, 11) is -3.33. The maximum absolute atomic E-state index is 12.9. The number of aromatic hydroxyl groups is 1. The number of carbonyl (C=O) groups excluding carboxylic acids is 2. The molecule has 2 heterocycles. The molecule has 2 saturated heterocycles. The van der Waals surface area contributed by atoms with Crippen molar-refractivity contribution in [2.24, 2.45) is 0 Å². The molecule has 0 aromatic heterocycles. The van der Waals surface area contributed by atoms with Crippen molar-refractivity contribution in [3.63, 3.8) is 0 Å². The van der Waals surface area contributed by atoms with Crippen molar-refractivity contribution in [1.82, 2.24) is 4.90 Å². The number of hydrogen-bond donors (Lipinski definition) is 2. The number of phenols is 1. The van der Waals surface area contributed by atoms with Crippen LogP contribution < -0.4 is 0 Å². The molecule has 30 heavy (non-hydrogen) atoms. The highest BCUT2D eigenvalue weighted by atomic mass is 35.5. The lowest BCUT2D eigenvalue weighted by Gasteiger charge is -2.30. The van der Waals surface area contributed by atoms with Gasteiger partial charge in [0.2, 0.25) is 0 Å². The summed E-state index contributed by atoms with van der Waals surface area (Å²) < 4.78 is 24.0. The third-order valence-corrected chi connectivity index (χ3v) is 7.39. The van der Waals surface area contributed by atoms with E-state index in [-0.39, 0.29) is 35.0 Å². The Morgan fingerprint density at radius 3 is 2.40 bits per heavy atom. The van der Waals surface area contributed by atoms with E-state index in [4.69, 9.17) is 11.6 Å². The van der Waals surface area contributed by atoms with Crippen LogP contribution in [0.2, 0.25) is 5.02 Å². The highest BCUT2D eigenvalue weighted by Gasteiger charge is 2.51. The van der Waals surface area contributed by atoms with E-state index >= 15 is 0 Å². The van der Waals surface area contributed by atoms with Gasteiger partial charge < -0.3 is 15.1 Å². The van der Waals surface area contributed by atoms with Crippen LogP contribution >= 0.6 is 11.6 Å². The van der Waals surface area contributed by atoms with Crippen LogP contribution in [0.25, 0.3) is 5.76 Å². The largest absolute Gasteiger partial charge is 0.508 e. The Morgan fingerprint density at radius 1 is 1.10 bits per heavy atom. The summed E-state index contributed by atoms with van der Waals surface area (Å²) in [5.41, 5.74) is 0.535. The summed E-state index contributed by atoms with van der Waals surface area (Å²) in [6.45, 7) is 0. The second-order valence-electron chi connectivity index (χ2n) is 7.37. The van der Waals surface area contributed by atoms with Gasteiger partial charge in [-0.3, -0.25) is 9.59 Å². The first-order valence-corrected chi connectivity index (χ1v) is 11.4. The lowest BCUT2D eigenvalue weighted by molar-refractivity contribution is -0.141. The molecule has 0 radical (unpaired) electrons. The molecule has 2 aliphatic rings. The van der Waals surface area contributed by atoms with Gasteiger partial charge in [-0.25, -0.2) is 8.42 Å². The minimum atomic E-state index is -3.33. The number of amides is 1. The average Bonchev–Trinajstić information content (AvgIpc) is 3.18. The van der Waals surface area contributed by atoms with E-state index in [0.29, 0.717) is 16.1 Å². The summed E-state index contributed by atoms with van der Waals surface area (Å²) >= 11 is 5.89. The molecule has 7 nitrogen and oxygen atoms in total. The standard InChI is InChI=1S/C21H18ClNO6S/c22-14-6-4-12(5-7-14)19(25)17-18(13-2-1-3-16(24)10-13)23(21(27)20(17)26)15-8-9-30(28,29)11-15/h1-7,10,15,18,24-25H,8-9,11H2/b19-17+. The van der Waals surface area contributed by atoms with E-state index in [1.165, 1.54) is 29.2 Å². The summed E-state index contributed by atoms with van der Waals surface area (Å²) in [5, 5.41) is 21.3.